The molecule has 9 nitrogen and oxygen atoms in total. The van der Waals surface area contributed by atoms with Crippen molar-refractivity contribution in [3.05, 3.63) is 111 Å². The zero-order chi connectivity index (χ0) is 40.8. The topological polar surface area (TPSA) is 120 Å². The molecule has 12 heteroatoms. The van der Waals surface area contributed by atoms with E-state index in [1.54, 1.807) is 31.2 Å². The van der Waals surface area contributed by atoms with Gasteiger partial charge in [0.05, 0.1) is 34.9 Å². The van der Waals surface area contributed by atoms with Gasteiger partial charge in [-0.25, -0.2) is 8.78 Å². The second-order valence-electron chi connectivity index (χ2n) is 15.8. The smallest absolute Gasteiger partial charge is 0.220 e. The van der Waals surface area contributed by atoms with Crippen LogP contribution in [0.1, 0.15) is 84.1 Å². The fraction of sp³-hybridized carbons (Fsp3) is 0.413. The molecule has 1 aliphatic carbocycles. The predicted octanol–water partition coefficient (Wildman–Crippen LogP) is 8.61. The Labute approximate surface area is 343 Å². The van der Waals surface area contributed by atoms with Crippen molar-refractivity contribution in [1.82, 2.24) is 15.5 Å². The van der Waals surface area contributed by atoms with E-state index in [1.807, 2.05) is 43.3 Å². The van der Waals surface area contributed by atoms with E-state index in [0.717, 1.165) is 65.2 Å². The summed E-state index contributed by atoms with van der Waals surface area (Å²) in [7, 11) is 0. The lowest BCUT2D eigenvalue weighted by molar-refractivity contribution is -0.122. The number of nitriles is 2. The summed E-state index contributed by atoms with van der Waals surface area (Å²) in [6, 6.07) is 24.3. The third-order valence-electron chi connectivity index (χ3n) is 11.5. The molecule has 0 aromatic heterocycles. The van der Waals surface area contributed by atoms with Gasteiger partial charge in [-0.3, -0.25) is 4.79 Å². The van der Waals surface area contributed by atoms with Gasteiger partial charge in [0.25, 0.3) is 0 Å². The van der Waals surface area contributed by atoms with Gasteiger partial charge < -0.3 is 29.7 Å². The molecule has 7 rings (SSSR count). The molecule has 0 saturated carbocycles. The van der Waals surface area contributed by atoms with Crippen molar-refractivity contribution in [3.8, 4) is 40.5 Å². The van der Waals surface area contributed by atoms with Gasteiger partial charge in [-0.2, -0.15) is 10.5 Å². The van der Waals surface area contributed by atoms with Crippen LogP contribution in [0.3, 0.4) is 0 Å². The lowest BCUT2D eigenvalue weighted by Gasteiger charge is -2.34. The fourth-order valence-electron chi connectivity index (χ4n) is 8.06. The summed E-state index contributed by atoms with van der Waals surface area (Å²) in [6.45, 7) is 7.56. The average molecular weight is 808 g/mol. The molecular formula is C46H48ClF2N5O4. The van der Waals surface area contributed by atoms with Gasteiger partial charge >= 0.3 is 0 Å². The number of hydrogen-bond donors (Lipinski definition) is 2. The highest BCUT2D eigenvalue weighted by Gasteiger charge is 2.37. The number of nitrogens with zero attached hydrogens (tertiary/aromatic N) is 3. The van der Waals surface area contributed by atoms with E-state index in [1.165, 1.54) is 6.07 Å². The Balaban J connectivity index is 1.09. The summed E-state index contributed by atoms with van der Waals surface area (Å²) in [4.78, 5) is 14.0. The monoisotopic (exact) mass is 807 g/mol. The molecule has 0 spiro atoms. The second-order valence-corrected chi connectivity index (χ2v) is 16.2. The van der Waals surface area contributed by atoms with Crippen LogP contribution in [0.25, 0.3) is 11.1 Å². The highest BCUT2D eigenvalue weighted by atomic mass is 35.5. The molecule has 3 aliphatic rings. The SMILES string of the molecule is Cc1c(OCCCN2CCC(C)(F)CC2)cccc1-c1cccc2c1C[C@@H](F)[C@@H]2Oc1cc(OCc2cc(C#N)cc(C#N)c2)c(CN[C@H]2CCC(=O)NC2)cc1Cl. The molecule has 302 valence electrons. The number of ether oxygens (including phenoxy) is 3. The van der Waals surface area contributed by atoms with Crippen LogP contribution >= 0.6 is 11.6 Å². The van der Waals surface area contributed by atoms with Gasteiger partial charge in [0.1, 0.15) is 35.7 Å². The Kier molecular flexibility index (Phi) is 12.8. The third kappa shape index (κ3) is 9.73. The van der Waals surface area contributed by atoms with Gasteiger partial charge in [0.2, 0.25) is 5.91 Å². The Morgan fingerprint density at radius 3 is 2.45 bits per heavy atom. The van der Waals surface area contributed by atoms with Crippen molar-refractivity contribution < 1.29 is 27.8 Å². The molecule has 58 heavy (non-hydrogen) atoms. The van der Waals surface area contributed by atoms with E-state index in [4.69, 9.17) is 25.8 Å². The largest absolute Gasteiger partial charge is 0.493 e. The van der Waals surface area contributed by atoms with Gasteiger partial charge in [0, 0.05) is 63.2 Å². The van der Waals surface area contributed by atoms with Crippen molar-refractivity contribution in [2.24, 2.45) is 0 Å². The van der Waals surface area contributed by atoms with Gasteiger partial charge in [-0.1, -0.05) is 41.9 Å². The normalized spacial score (nSPS) is 20.1. The number of likely N-dealkylation sites (tertiary alicyclic amines) is 1. The molecule has 0 unspecified atom stereocenters. The van der Waals surface area contributed by atoms with E-state index in [9.17, 15) is 19.7 Å². The van der Waals surface area contributed by atoms with Crippen LogP contribution in [0.15, 0.2) is 66.7 Å². The first kappa shape index (κ1) is 41.0. The zero-order valence-electron chi connectivity index (χ0n) is 32.9. The van der Waals surface area contributed by atoms with Crippen LogP contribution in [-0.2, 0) is 24.4 Å². The lowest BCUT2D eigenvalue weighted by atomic mass is 9.93. The number of alkyl halides is 2. The molecule has 1 amide bonds. The average Bonchev–Trinajstić information content (AvgIpc) is 3.54. The number of rotatable bonds is 14. The van der Waals surface area contributed by atoms with Gasteiger partial charge in [0.15, 0.2) is 6.10 Å². The van der Waals surface area contributed by atoms with E-state index in [0.29, 0.717) is 67.8 Å². The summed E-state index contributed by atoms with van der Waals surface area (Å²) in [5.41, 5.74) is 5.44. The Bertz CT molecular complexity index is 2180. The molecule has 2 fully saturated rings. The first-order chi connectivity index (χ1) is 28.0. The van der Waals surface area contributed by atoms with Crippen LogP contribution in [0.5, 0.6) is 17.2 Å². The molecular weight excluding hydrogens is 760 g/mol. The molecule has 2 heterocycles. The van der Waals surface area contributed by atoms with Crippen LogP contribution in [-0.4, -0.2) is 61.5 Å². The van der Waals surface area contributed by atoms with Crippen molar-refractivity contribution in [2.75, 3.05) is 32.8 Å². The molecule has 4 aromatic rings. The molecule has 2 N–H and O–H groups in total. The van der Waals surface area contributed by atoms with Crippen LogP contribution in [0, 0.1) is 29.6 Å². The summed E-state index contributed by atoms with van der Waals surface area (Å²) in [5, 5.41) is 25.6. The fourth-order valence-corrected chi connectivity index (χ4v) is 8.29. The quantitative estimate of drug-likeness (QED) is 0.122. The van der Waals surface area contributed by atoms with E-state index in [-0.39, 0.29) is 35.7 Å². The van der Waals surface area contributed by atoms with Crippen molar-refractivity contribution >= 4 is 17.5 Å². The number of fused-ring (bicyclic) bond motifs is 1. The number of carbonyl (C=O) groups is 1. The number of piperidine rings is 2. The van der Waals surface area contributed by atoms with Crippen LogP contribution in [0.4, 0.5) is 8.78 Å². The standard InChI is InChI=1S/C46H48ClF2N5O4/c1-29-35(6-4-9-41(29)56-17-5-14-54-15-12-46(2,49)13-16-54)36-7-3-8-37-38(36)22-40(48)45(37)58-43-23-42(57-28-32-19-30(24-50)18-31(20-32)25-51)33(21-39(43)47)26-52-34-10-11-44(55)53-27-34/h3-4,6-9,18-21,23,34,40,45,52H,5,10-17,22,26-28H2,1-2H3,(H,53,55)/t34-,40+,45+/m0/s1. The third-order valence-corrected chi connectivity index (χ3v) is 11.8. The highest BCUT2D eigenvalue weighted by molar-refractivity contribution is 6.32. The van der Waals surface area contributed by atoms with Crippen molar-refractivity contribution in [2.45, 2.75) is 89.5 Å². The maximum Gasteiger partial charge on any atom is 0.220 e. The number of nitrogens with one attached hydrogen (secondary N) is 2. The van der Waals surface area contributed by atoms with Crippen LogP contribution < -0.4 is 24.8 Å². The minimum Gasteiger partial charge on any atom is -0.493 e. The number of benzene rings is 4. The maximum absolute atomic E-state index is 16.2. The molecule has 0 radical (unpaired) electrons. The van der Waals surface area contributed by atoms with Crippen molar-refractivity contribution in [1.29, 1.82) is 10.5 Å². The molecule has 2 saturated heterocycles. The Morgan fingerprint density at radius 1 is 0.983 bits per heavy atom. The zero-order valence-corrected chi connectivity index (χ0v) is 33.6. The molecule has 4 aromatic carbocycles. The highest BCUT2D eigenvalue weighted by Crippen LogP contribution is 2.45. The van der Waals surface area contributed by atoms with Crippen molar-refractivity contribution in [3.63, 3.8) is 0 Å². The van der Waals surface area contributed by atoms with Gasteiger partial charge in [-0.05, 0) is 103 Å². The predicted molar refractivity (Wildman–Crippen MR) is 218 cm³/mol. The number of hydrogen-bond acceptors (Lipinski definition) is 8. The Morgan fingerprint density at radius 2 is 1.72 bits per heavy atom. The van der Waals surface area contributed by atoms with E-state index < -0.39 is 17.9 Å². The first-order valence-electron chi connectivity index (χ1n) is 20.0. The van der Waals surface area contributed by atoms with E-state index >= 15 is 4.39 Å². The molecule has 2 aliphatic heterocycles. The summed E-state index contributed by atoms with van der Waals surface area (Å²) < 4.78 is 49.4. The number of carbonyl (C=O) groups excluding carboxylic acids is 1. The van der Waals surface area contributed by atoms with E-state index in [2.05, 4.69) is 27.7 Å². The van der Waals surface area contributed by atoms with Gasteiger partial charge in [-0.15, -0.1) is 0 Å². The number of halogens is 3. The minimum absolute atomic E-state index is 0.0248. The minimum atomic E-state index is -1.35. The summed E-state index contributed by atoms with van der Waals surface area (Å²) in [6.07, 6.45) is 0.962. The summed E-state index contributed by atoms with van der Waals surface area (Å²) in [5.74, 6) is 1.51. The number of amides is 1. The second kappa shape index (κ2) is 18.2. The lowest BCUT2D eigenvalue weighted by Crippen LogP contribution is -2.45. The maximum atomic E-state index is 16.2. The summed E-state index contributed by atoms with van der Waals surface area (Å²) >= 11 is 6.87. The molecule has 3 atom stereocenters. The van der Waals surface area contributed by atoms with Crippen LogP contribution in [0.2, 0.25) is 5.02 Å². The molecule has 0 bridgehead atoms. The Hall–Kier alpha value is -5.20. The first-order valence-corrected chi connectivity index (χ1v) is 20.3.